The third kappa shape index (κ3) is 2.14. The molecule has 0 aromatic heterocycles. The summed E-state index contributed by atoms with van der Waals surface area (Å²) in [5.41, 5.74) is 5.25. The Morgan fingerprint density at radius 3 is 2.76 bits per heavy atom. The van der Waals surface area contributed by atoms with E-state index < -0.39 is 11.5 Å². The Kier molecular flexibility index (Phi) is 3.35. The van der Waals surface area contributed by atoms with Crippen molar-refractivity contribution in [1.82, 2.24) is 10.2 Å². The van der Waals surface area contributed by atoms with E-state index in [-0.39, 0.29) is 18.4 Å². The molecular weight excluding hydrogens is 222 g/mol. The summed E-state index contributed by atoms with van der Waals surface area (Å²) in [7, 11) is 1.56. The molecule has 2 fully saturated rings. The highest BCUT2D eigenvalue weighted by atomic mass is 16.5. The third-order valence-corrected chi connectivity index (χ3v) is 3.64. The fourth-order valence-electron chi connectivity index (χ4n) is 2.19. The van der Waals surface area contributed by atoms with Crippen LogP contribution in [0.5, 0.6) is 0 Å². The Bertz CT molecular complexity index is 328. The molecule has 17 heavy (non-hydrogen) atoms. The van der Waals surface area contributed by atoms with Crippen molar-refractivity contribution < 1.29 is 14.3 Å². The van der Waals surface area contributed by atoms with Gasteiger partial charge in [0.15, 0.2) is 0 Å². The summed E-state index contributed by atoms with van der Waals surface area (Å²) in [5, 5.41) is 2.57. The zero-order valence-corrected chi connectivity index (χ0v) is 10.1. The van der Waals surface area contributed by atoms with Gasteiger partial charge in [0.25, 0.3) is 0 Å². The molecule has 1 unspecified atom stereocenters. The van der Waals surface area contributed by atoms with E-state index in [9.17, 15) is 9.59 Å². The van der Waals surface area contributed by atoms with E-state index in [2.05, 4.69) is 5.32 Å². The van der Waals surface area contributed by atoms with Crippen LogP contribution < -0.4 is 11.1 Å². The first kappa shape index (κ1) is 12.3. The van der Waals surface area contributed by atoms with Gasteiger partial charge in [-0.25, -0.2) is 0 Å². The van der Waals surface area contributed by atoms with Gasteiger partial charge in [0, 0.05) is 20.1 Å². The van der Waals surface area contributed by atoms with Crippen molar-refractivity contribution in [1.29, 1.82) is 0 Å². The smallest absolute Gasteiger partial charge is 0.244 e. The van der Waals surface area contributed by atoms with Crippen LogP contribution in [0.1, 0.15) is 12.8 Å². The van der Waals surface area contributed by atoms with Gasteiger partial charge in [0.05, 0.1) is 18.6 Å². The number of rotatable bonds is 3. The van der Waals surface area contributed by atoms with Crippen LogP contribution in [-0.2, 0) is 14.3 Å². The number of likely N-dealkylation sites (N-methyl/N-ethyl adjacent to an activating group) is 1. The second-order valence-corrected chi connectivity index (χ2v) is 4.69. The number of ether oxygens (including phenoxy) is 1. The molecule has 0 radical (unpaired) electrons. The Labute approximate surface area is 100 Å². The number of carbonyl (C=O) groups is 2. The molecule has 0 bridgehead atoms. The molecule has 1 saturated heterocycles. The molecule has 2 aliphatic rings. The van der Waals surface area contributed by atoms with Gasteiger partial charge in [0.1, 0.15) is 6.04 Å². The van der Waals surface area contributed by atoms with Crippen molar-refractivity contribution in [3.05, 3.63) is 0 Å². The van der Waals surface area contributed by atoms with E-state index in [1.54, 1.807) is 11.9 Å². The standard InChI is InChI=1S/C11H19N3O3/c1-13-9(15)8-6-17-5-4-14(8)10(16)11(7-12)2-3-11/h8H,2-7,12H2,1H3,(H,13,15). The molecule has 3 N–H and O–H groups in total. The molecule has 1 atom stereocenters. The minimum atomic E-state index is -0.509. The summed E-state index contributed by atoms with van der Waals surface area (Å²) in [6.45, 7) is 1.59. The number of nitrogens with one attached hydrogen (secondary N) is 1. The van der Waals surface area contributed by atoms with Gasteiger partial charge in [-0.2, -0.15) is 0 Å². The van der Waals surface area contributed by atoms with Crippen molar-refractivity contribution in [3.8, 4) is 0 Å². The lowest BCUT2D eigenvalue weighted by Crippen LogP contribution is -2.57. The molecule has 1 heterocycles. The van der Waals surface area contributed by atoms with Gasteiger partial charge in [-0.15, -0.1) is 0 Å². The fourth-order valence-corrected chi connectivity index (χ4v) is 2.19. The highest BCUT2D eigenvalue weighted by Gasteiger charge is 2.52. The second kappa shape index (κ2) is 4.62. The summed E-state index contributed by atoms with van der Waals surface area (Å²) in [6.07, 6.45) is 1.67. The summed E-state index contributed by atoms with van der Waals surface area (Å²) < 4.78 is 5.27. The SMILES string of the molecule is CNC(=O)C1COCCN1C(=O)C1(CN)CC1. The Hall–Kier alpha value is -1.14. The topological polar surface area (TPSA) is 84.7 Å². The molecule has 6 heteroatoms. The number of hydrogen-bond donors (Lipinski definition) is 2. The molecule has 2 rings (SSSR count). The number of morpholine rings is 1. The summed E-state index contributed by atoms with van der Waals surface area (Å²) in [6, 6.07) is -0.509. The van der Waals surface area contributed by atoms with Gasteiger partial charge >= 0.3 is 0 Å². The number of carbonyl (C=O) groups excluding carboxylic acids is 2. The zero-order valence-electron chi connectivity index (χ0n) is 10.1. The van der Waals surface area contributed by atoms with Crippen LogP contribution >= 0.6 is 0 Å². The molecule has 6 nitrogen and oxygen atoms in total. The lowest BCUT2D eigenvalue weighted by molar-refractivity contribution is -0.152. The number of amides is 2. The molecule has 2 amide bonds. The maximum atomic E-state index is 12.4. The fraction of sp³-hybridized carbons (Fsp3) is 0.818. The van der Waals surface area contributed by atoms with E-state index in [4.69, 9.17) is 10.5 Å². The Balaban J connectivity index is 2.11. The Morgan fingerprint density at radius 2 is 2.24 bits per heavy atom. The predicted octanol–water partition coefficient (Wildman–Crippen LogP) is -1.30. The van der Waals surface area contributed by atoms with Crippen molar-refractivity contribution in [2.24, 2.45) is 11.1 Å². The monoisotopic (exact) mass is 241 g/mol. The van der Waals surface area contributed by atoms with Gasteiger partial charge < -0.3 is 20.7 Å². The molecule has 0 spiro atoms. The Morgan fingerprint density at radius 1 is 1.53 bits per heavy atom. The van der Waals surface area contributed by atoms with Crippen LogP contribution in [0.15, 0.2) is 0 Å². The maximum absolute atomic E-state index is 12.4. The lowest BCUT2D eigenvalue weighted by atomic mass is 10.0. The van der Waals surface area contributed by atoms with Crippen LogP contribution in [0.2, 0.25) is 0 Å². The molecule has 1 saturated carbocycles. The van der Waals surface area contributed by atoms with Crippen LogP contribution in [0.3, 0.4) is 0 Å². The van der Waals surface area contributed by atoms with Crippen molar-refractivity contribution in [3.63, 3.8) is 0 Å². The summed E-state index contributed by atoms with van der Waals surface area (Å²) in [5.74, 6) is -0.164. The molecule has 96 valence electrons. The molecular formula is C11H19N3O3. The van der Waals surface area contributed by atoms with Gasteiger partial charge in [-0.1, -0.05) is 0 Å². The number of nitrogens with zero attached hydrogens (tertiary/aromatic N) is 1. The lowest BCUT2D eigenvalue weighted by Gasteiger charge is -2.36. The maximum Gasteiger partial charge on any atom is 0.244 e. The quantitative estimate of drug-likeness (QED) is 0.643. The van der Waals surface area contributed by atoms with E-state index in [0.29, 0.717) is 19.7 Å². The van der Waals surface area contributed by atoms with E-state index >= 15 is 0 Å². The first-order chi connectivity index (χ1) is 8.14. The summed E-state index contributed by atoms with van der Waals surface area (Å²) in [4.78, 5) is 25.7. The average Bonchev–Trinajstić information content (AvgIpc) is 3.18. The highest BCUT2D eigenvalue weighted by Crippen LogP contribution is 2.46. The average molecular weight is 241 g/mol. The zero-order chi connectivity index (χ0) is 12.5. The first-order valence-corrected chi connectivity index (χ1v) is 5.95. The van der Waals surface area contributed by atoms with Crippen LogP contribution in [0.4, 0.5) is 0 Å². The van der Waals surface area contributed by atoms with Crippen LogP contribution in [-0.4, -0.2) is 56.1 Å². The van der Waals surface area contributed by atoms with Crippen LogP contribution in [0.25, 0.3) is 0 Å². The minimum Gasteiger partial charge on any atom is -0.377 e. The van der Waals surface area contributed by atoms with E-state index in [1.807, 2.05) is 0 Å². The van der Waals surface area contributed by atoms with Crippen molar-refractivity contribution in [2.45, 2.75) is 18.9 Å². The van der Waals surface area contributed by atoms with E-state index in [0.717, 1.165) is 12.8 Å². The normalized spacial score (nSPS) is 26.5. The first-order valence-electron chi connectivity index (χ1n) is 5.95. The third-order valence-electron chi connectivity index (χ3n) is 3.64. The molecule has 0 aromatic rings. The van der Waals surface area contributed by atoms with Gasteiger partial charge in [-0.3, -0.25) is 9.59 Å². The molecule has 1 aliphatic carbocycles. The summed E-state index contributed by atoms with van der Waals surface area (Å²) >= 11 is 0. The van der Waals surface area contributed by atoms with Gasteiger partial charge in [0.2, 0.25) is 11.8 Å². The van der Waals surface area contributed by atoms with Gasteiger partial charge in [-0.05, 0) is 12.8 Å². The molecule has 0 aromatic carbocycles. The molecule has 1 aliphatic heterocycles. The largest absolute Gasteiger partial charge is 0.377 e. The van der Waals surface area contributed by atoms with Crippen LogP contribution in [0, 0.1) is 5.41 Å². The van der Waals surface area contributed by atoms with Crippen molar-refractivity contribution >= 4 is 11.8 Å². The minimum absolute atomic E-state index is 0.0110. The second-order valence-electron chi connectivity index (χ2n) is 4.69. The van der Waals surface area contributed by atoms with E-state index in [1.165, 1.54) is 0 Å². The number of nitrogens with two attached hydrogens (primary N) is 1. The highest BCUT2D eigenvalue weighted by molar-refractivity contribution is 5.91. The number of hydrogen-bond acceptors (Lipinski definition) is 4. The predicted molar refractivity (Wildman–Crippen MR) is 61.1 cm³/mol. The van der Waals surface area contributed by atoms with Crippen molar-refractivity contribution in [2.75, 3.05) is 33.4 Å².